The van der Waals surface area contributed by atoms with E-state index in [1.807, 2.05) is 22.7 Å². The van der Waals surface area contributed by atoms with Gasteiger partial charge < -0.3 is 0 Å². The van der Waals surface area contributed by atoms with Crippen LogP contribution >= 0.6 is 22.7 Å². The molecule has 0 aliphatic rings. The van der Waals surface area contributed by atoms with Gasteiger partial charge in [-0.25, -0.2) is 9.97 Å². The molecule has 206 valence electrons. The Morgan fingerprint density at radius 3 is 1.32 bits per heavy atom. The highest BCUT2D eigenvalue weighted by molar-refractivity contribution is 7.26. The Bertz CT molecular complexity index is 2350. The fourth-order valence-corrected chi connectivity index (χ4v) is 8.66. The van der Waals surface area contributed by atoms with Crippen LogP contribution in [-0.4, -0.2) is 9.97 Å². The number of rotatable bonds is 4. The molecule has 0 aliphatic carbocycles. The Balaban J connectivity index is 1.12. The summed E-state index contributed by atoms with van der Waals surface area (Å²) in [6.07, 6.45) is 1.68. The summed E-state index contributed by atoms with van der Waals surface area (Å²) in [5.41, 5.74) is 8.86. The normalized spacial score (nSPS) is 11.6. The molecule has 0 spiro atoms. The summed E-state index contributed by atoms with van der Waals surface area (Å²) in [6.45, 7) is 0. The molecule has 0 unspecified atom stereocenters. The highest BCUT2D eigenvalue weighted by Gasteiger charge is 2.14. The molecule has 9 aromatic rings. The van der Waals surface area contributed by atoms with Crippen LogP contribution in [-0.2, 0) is 0 Å². The van der Waals surface area contributed by atoms with Crippen LogP contribution in [0.5, 0.6) is 0 Å². The number of thiophene rings is 2. The van der Waals surface area contributed by atoms with E-state index >= 15 is 0 Å². The zero-order valence-corrected chi connectivity index (χ0v) is 25.2. The van der Waals surface area contributed by atoms with Crippen molar-refractivity contribution in [2.75, 3.05) is 0 Å². The number of nitrogens with zero attached hydrogens (tertiary/aromatic N) is 2. The smallest absolute Gasteiger partial charge is 0.116 e. The molecule has 0 bridgehead atoms. The van der Waals surface area contributed by atoms with Crippen molar-refractivity contribution in [3.63, 3.8) is 0 Å². The summed E-state index contributed by atoms with van der Waals surface area (Å²) >= 11 is 3.70. The minimum absolute atomic E-state index is 0.913. The zero-order valence-electron chi connectivity index (χ0n) is 23.6. The topological polar surface area (TPSA) is 25.8 Å². The molecule has 0 fully saturated rings. The first kappa shape index (κ1) is 25.3. The van der Waals surface area contributed by atoms with E-state index in [9.17, 15) is 0 Å². The first-order chi connectivity index (χ1) is 21.8. The molecule has 6 aromatic carbocycles. The van der Waals surface area contributed by atoms with Crippen molar-refractivity contribution in [2.24, 2.45) is 0 Å². The van der Waals surface area contributed by atoms with Gasteiger partial charge in [-0.3, -0.25) is 0 Å². The third-order valence-corrected chi connectivity index (χ3v) is 10.7. The maximum atomic E-state index is 4.71. The van der Waals surface area contributed by atoms with Crippen molar-refractivity contribution < 1.29 is 0 Å². The van der Waals surface area contributed by atoms with E-state index in [4.69, 9.17) is 9.97 Å². The monoisotopic (exact) mass is 596 g/mol. The molecule has 2 nitrogen and oxygen atoms in total. The Morgan fingerprint density at radius 2 is 0.795 bits per heavy atom. The van der Waals surface area contributed by atoms with E-state index in [1.54, 1.807) is 6.33 Å². The fourth-order valence-electron chi connectivity index (χ4n) is 6.40. The number of fused-ring (bicyclic) bond motifs is 6. The predicted molar refractivity (Wildman–Crippen MR) is 190 cm³/mol. The molecule has 0 atom stereocenters. The second kappa shape index (κ2) is 10.2. The summed E-state index contributed by atoms with van der Waals surface area (Å²) in [5, 5.41) is 5.26. The van der Waals surface area contributed by atoms with Crippen LogP contribution < -0.4 is 0 Å². The molecule has 44 heavy (non-hydrogen) atoms. The molecular weight excluding hydrogens is 573 g/mol. The summed E-state index contributed by atoms with van der Waals surface area (Å²) in [7, 11) is 0. The molecule has 0 radical (unpaired) electrons. The number of aromatic nitrogens is 2. The molecule has 3 aromatic heterocycles. The van der Waals surface area contributed by atoms with Gasteiger partial charge in [0.15, 0.2) is 0 Å². The molecule has 3 heterocycles. The maximum absolute atomic E-state index is 4.71. The van der Waals surface area contributed by atoms with Gasteiger partial charge in [0, 0.05) is 51.5 Å². The summed E-state index contributed by atoms with van der Waals surface area (Å²) in [6, 6.07) is 50.2. The predicted octanol–water partition coefficient (Wildman–Crippen LogP) is 11.9. The lowest BCUT2D eigenvalue weighted by Crippen LogP contribution is -1.91. The average molecular weight is 597 g/mol. The third-order valence-electron chi connectivity index (χ3n) is 8.41. The van der Waals surface area contributed by atoms with Gasteiger partial charge in [-0.2, -0.15) is 0 Å². The minimum atomic E-state index is 0.913. The van der Waals surface area contributed by atoms with Crippen LogP contribution in [0.4, 0.5) is 0 Å². The van der Waals surface area contributed by atoms with Crippen LogP contribution in [0.3, 0.4) is 0 Å². The highest BCUT2D eigenvalue weighted by Crippen LogP contribution is 2.42. The van der Waals surface area contributed by atoms with E-state index in [0.717, 1.165) is 22.5 Å². The molecule has 0 saturated carbocycles. The van der Waals surface area contributed by atoms with Crippen molar-refractivity contribution in [1.29, 1.82) is 0 Å². The van der Waals surface area contributed by atoms with Crippen LogP contribution in [0.25, 0.3) is 85.1 Å². The molecule has 0 saturated heterocycles. The maximum Gasteiger partial charge on any atom is 0.116 e. The van der Waals surface area contributed by atoms with Gasteiger partial charge in [0.2, 0.25) is 0 Å². The first-order valence-corrected chi connectivity index (χ1v) is 16.3. The molecule has 4 heteroatoms. The van der Waals surface area contributed by atoms with E-state index in [-0.39, 0.29) is 0 Å². The van der Waals surface area contributed by atoms with Gasteiger partial charge in [0.25, 0.3) is 0 Å². The van der Waals surface area contributed by atoms with Gasteiger partial charge in [-0.1, -0.05) is 97.1 Å². The third kappa shape index (κ3) is 4.15. The molecule has 9 rings (SSSR count). The quantitative estimate of drug-likeness (QED) is 0.202. The van der Waals surface area contributed by atoms with Gasteiger partial charge >= 0.3 is 0 Å². The molecule has 0 N–H and O–H groups in total. The number of hydrogen-bond donors (Lipinski definition) is 0. The van der Waals surface area contributed by atoms with E-state index in [0.29, 0.717) is 0 Å². The van der Waals surface area contributed by atoms with Crippen molar-refractivity contribution in [3.05, 3.63) is 146 Å². The summed E-state index contributed by atoms with van der Waals surface area (Å²) in [5.74, 6) is 0. The van der Waals surface area contributed by atoms with Gasteiger partial charge in [-0.15, -0.1) is 22.7 Å². The van der Waals surface area contributed by atoms with Crippen molar-refractivity contribution in [3.8, 4) is 44.8 Å². The SMILES string of the molecule is c1cc(-c2cc(-c3cccc(-c4cccc5sc6ccccc6c45)c3)ncn2)cc(-c2cccc3sc4ccccc4c23)c1. The minimum Gasteiger partial charge on any atom is -0.236 e. The Hall–Kier alpha value is -5.16. The largest absolute Gasteiger partial charge is 0.236 e. The number of benzene rings is 6. The molecule has 0 amide bonds. The molecule has 0 aliphatic heterocycles. The van der Waals surface area contributed by atoms with E-state index in [1.165, 1.54) is 62.6 Å². The summed E-state index contributed by atoms with van der Waals surface area (Å²) < 4.78 is 5.25. The summed E-state index contributed by atoms with van der Waals surface area (Å²) in [4.78, 5) is 9.43. The van der Waals surface area contributed by atoms with E-state index in [2.05, 4.69) is 140 Å². The van der Waals surface area contributed by atoms with Crippen LogP contribution in [0.1, 0.15) is 0 Å². The number of hydrogen-bond acceptors (Lipinski definition) is 4. The molecular formula is C40H24N2S2. The lowest BCUT2D eigenvalue weighted by Gasteiger charge is -2.10. The highest BCUT2D eigenvalue weighted by atomic mass is 32.1. The second-order valence-corrected chi connectivity index (χ2v) is 13.2. The lowest BCUT2D eigenvalue weighted by atomic mass is 9.96. The lowest BCUT2D eigenvalue weighted by molar-refractivity contribution is 1.18. The van der Waals surface area contributed by atoms with Gasteiger partial charge in [0.05, 0.1) is 11.4 Å². The van der Waals surface area contributed by atoms with Crippen LogP contribution in [0.15, 0.2) is 146 Å². The van der Waals surface area contributed by atoms with Crippen LogP contribution in [0.2, 0.25) is 0 Å². The standard InChI is InChI=1S/C40H24N2S2/c1-3-17-35-31(13-1)39-29(15-7-19-37(39)43-35)25-9-5-11-27(21-25)33-23-34(42-24-41-33)28-12-6-10-26(22-28)30-16-8-20-38-40(30)32-14-2-4-18-36(32)44-38/h1-24H. The van der Waals surface area contributed by atoms with Crippen molar-refractivity contribution >= 4 is 63.0 Å². The Morgan fingerprint density at radius 1 is 0.364 bits per heavy atom. The van der Waals surface area contributed by atoms with E-state index < -0.39 is 0 Å². The zero-order chi connectivity index (χ0) is 29.0. The second-order valence-electron chi connectivity index (χ2n) is 11.0. The van der Waals surface area contributed by atoms with Crippen LogP contribution in [0, 0.1) is 0 Å². The van der Waals surface area contributed by atoms with Crippen molar-refractivity contribution in [2.45, 2.75) is 0 Å². The van der Waals surface area contributed by atoms with Gasteiger partial charge in [-0.05, 0) is 64.7 Å². The Labute approximate surface area is 262 Å². The average Bonchev–Trinajstić information content (AvgIpc) is 3.67. The Kier molecular flexibility index (Phi) is 5.90. The van der Waals surface area contributed by atoms with Gasteiger partial charge in [0.1, 0.15) is 6.33 Å². The fraction of sp³-hybridized carbons (Fsp3) is 0. The van der Waals surface area contributed by atoms with Crippen molar-refractivity contribution in [1.82, 2.24) is 9.97 Å². The first-order valence-electron chi connectivity index (χ1n) is 14.6.